The maximum atomic E-state index is 7.03. The second-order valence-corrected chi connectivity index (χ2v) is 17.5. The van der Waals surface area contributed by atoms with Crippen LogP contribution >= 0.6 is 0 Å². The van der Waals surface area contributed by atoms with Gasteiger partial charge in [-0.15, -0.1) is 0 Å². The van der Waals surface area contributed by atoms with E-state index >= 15 is 0 Å². The van der Waals surface area contributed by atoms with Crippen LogP contribution in [0.25, 0.3) is 110 Å². The quantitative estimate of drug-likeness (QED) is 0.166. The second-order valence-electron chi connectivity index (χ2n) is 17.5. The third-order valence-electron chi connectivity index (χ3n) is 14.0. The zero-order valence-corrected chi connectivity index (χ0v) is 35.4. The van der Waals surface area contributed by atoms with E-state index in [4.69, 9.17) is 13.8 Å². The average molecular weight is 843 g/mol. The van der Waals surface area contributed by atoms with Gasteiger partial charge < -0.3 is 22.9 Å². The van der Waals surface area contributed by atoms with Gasteiger partial charge in [-0.2, -0.15) is 0 Å². The van der Waals surface area contributed by atoms with E-state index in [0.29, 0.717) is 0 Å². The summed E-state index contributed by atoms with van der Waals surface area (Å²) in [5.74, 6) is 2.45. The van der Waals surface area contributed by atoms with E-state index in [2.05, 4.69) is 215 Å². The molecule has 306 valence electrons. The van der Waals surface area contributed by atoms with Crippen LogP contribution in [0.4, 0.5) is 0 Å². The lowest BCUT2D eigenvalue weighted by molar-refractivity contribution is 0.480. The molecular weight excluding hydrogens is 807 g/mol. The van der Waals surface area contributed by atoms with Gasteiger partial charge in [-0.05, 0) is 107 Å². The number of aromatic nitrogens is 2. The molecule has 2 aliphatic rings. The van der Waals surface area contributed by atoms with Crippen LogP contribution in [-0.4, -0.2) is 16.0 Å². The molecule has 2 aliphatic heterocycles. The van der Waals surface area contributed by atoms with Crippen molar-refractivity contribution in [2.75, 3.05) is 0 Å². The number of fused-ring (bicyclic) bond motifs is 13. The summed E-state index contributed by atoms with van der Waals surface area (Å²) in [5.41, 5.74) is 17.0. The van der Waals surface area contributed by atoms with Crippen molar-refractivity contribution < 1.29 is 13.8 Å². The van der Waals surface area contributed by atoms with Crippen LogP contribution in [0.1, 0.15) is 0 Å². The van der Waals surface area contributed by atoms with Gasteiger partial charge in [-0.3, -0.25) is 0 Å². The van der Waals surface area contributed by atoms with Crippen LogP contribution in [0, 0.1) is 0 Å². The molecule has 6 heteroatoms. The van der Waals surface area contributed by atoms with Crippen molar-refractivity contribution in [1.82, 2.24) is 9.13 Å². The summed E-state index contributed by atoms with van der Waals surface area (Å²) in [7, 11) is 0. The molecule has 0 aliphatic carbocycles. The molecule has 5 heterocycles. The third-order valence-corrected chi connectivity index (χ3v) is 14.0. The Labute approximate surface area is 379 Å². The molecule has 0 unspecified atom stereocenters. The van der Waals surface area contributed by atoms with E-state index in [1.54, 1.807) is 0 Å². The molecule has 3 aromatic heterocycles. The Balaban J connectivity index is 0.853. The fourth-order valence-electron chi connectivity index (χ4n) is 11.1. The Kier molecular flexibility index (Phi) is 7.24. The third kappa shape index (κ3) is 5.01. The maximum absolute atomic E-state index is 7.03. The largest absolute Gasteiger partial charge is 0.551 e. The van der Waals surface area contributed by atoms with E-state index in [-0.39, 0.29) is 6.92 Å². The molecule has 15 rings (SSSR count). The van der Waals surface area contributed by atoms with Gasteiger partial charge in [0.25, 0.3) is 0 Å². The summed E-state index contributed by atoms with van der Waals surface area (Å²) < 4.78 is 25.6. The van der Waals surface area contributed by atoms with Crippen molar-refractivity contribution in [2.24, 2.45) is 0 Å². The first-order valence-corrected chi connectivity index (χ1v) is 22.5. The van der Waals surface area contributed by atoms with Crippen molar-refractivity contribution in [2.45, 2.75) is 0 Å². The first-order chi connectivity index (χ1) is 32.7. The van der Waals surface area contributed by atoms with Gasteiger partial charge in [0.1, 0.15) is 22.8 Å². The van der Waals surface area contributed by atoms with Crippen LogP contribution < -0.4 is 20.3 Å². The van der Waals surface area contributed by atoms with Gasteiger partial charge in [-0.25, -0.2) is 0 Å². The number of hydrogen-bond donors (Lipinski definition) is 0. The van der Waals surface area contributed by atoms with Gasteiger partial charge in [-0.1, -0.05) is 133 Å². The van der Waals surface area contributed by atoms with Gasteiger partial charge in [0.05, 0.1) is 27.8 Å². The highest BCUT2D eigenvalue weighted by atomic mass is 16.5. The molecule has 10 aromatic carbocycles. The Morgan fingerprint density at radius 1 is 0.364 bits per heavy atom. The molecule has 0 saturated carbocycles. The summed E-state index contributed by atoms with van der Waals surface area (Å²) >= 11 is 0. The highest BCUT2D eigenvalue weighted by molar-refractivity contribution is 6.84. The predicted octanol–water partition coefficient (Wildman–Crippen LogP) is 14.4. The van der Waals surface area contributed by atoms with Gasteiger partial charge >= 0.3 is 6.92 Å². The fourth-order valence-corrected chi connectivity index (χ4v) is 11.1. The van der Waals surface area contributed by atoms with Crippen LogP contribution in [0.3, 0.4) is 0 Å². The number of ether oxygens (including phenoxy) is 1. The Morgan fingerprint density at radius 2 is 0.955 bits per heavy atom. The number of nitrogens with zero attached hydrogens (tertiary/aromatic N) is 2. The van der Waals surface area contributed by atoms with E-state index in [1.807, 2.05) is 6.07 Å². The Hall–Kier alpha value is -8.74. The molecule has 13 aromatic rings. The molecule has 0 atom stereocenters. The van der Waals surface area contributed by atoms with Crippen molar-refractivity contribution in [1.29, 1.82) is 0 Å². The predicted molar refractivity (Wildman–Crippen MR) is 271 cm³/mol. The summed E-state index contributed by atoms with van der Waals surface area (Å²) in [6.07, 6.45) is 0. The number of hydrogen-bond acceptors (Lipinski definition) is 3. The van der Waals surface area contributed by atoms with E-state index in [1.165, 1.54) is 32.6 Å². The van der Waals surface area contributed by atoms with Crippen molar-refractivity contribution in [3.05, 3.63) is 212 Å². The lowest BCUT2D eigenvalue weighted by atomic mass is 9.50. The molecule has 0 bridgehead atoms. The minimum absolute atomic E-state index is 0.321. The first kappa shape index (κ1) is 35.7. The van der Waals surface area contributed by atoms with E-state index < -0.39 is 0 Å². The number of rotatable bonds is 4. The second kappa shape index (κ2) is 13.4. The van der Waals surface area contributed by atoms with E-state index in [0.717, 1.165) is 106 Å². The molecule has 66 heavy (non-hydrogen) atoms. The minimum Gasteiger partial charge on any atom is -0.551 e. The Morgan fingerprint density at radius 3 is 1.70 bits per heavy atom. The van der Waals surface area contributed by atoms with Crippen LogP contribution in [0.2, 0.25) is 0 Å². The molecule has 0 amide bonds. The molecule has 0 radical (unpaired) electrons. The van der Waals surface area contributed by atoms with E-state index in [9.17, 15) is 0 Å². The van der Waals surface area contributed by atoms with Crippen LogP contribution in [0.15, 0.2) is 217 Å². The monoisotopic (exact) mass is 842 g/mol. The van der Waals surface area contributed by atoms with Gasteiger partial charge in [0.15, 0.2) is 5.58 Å². The highest BCUT2D eigenvalue weighted by Gasteiger charge is 2.41. The van der Waals surface area contributed by atoms with Crippen LogP contribution in [0.5, 0.6) is 17.2 Å². The topological polar surface area (TPSA) is 41.5 Å². The van der Waals surface area contributed by atoms with Crippen molar-refractivity contribution >= 4 is 83.4 Å². The lowest BCUT2D eigenvalue weighted by Crippen LogP contribution is -2.53. The summed E-state index contributed by atoms with van der Waals surface area (Å²) in [6, 6.07) is 75.7. The maximum Gasteiger partial charge on any atom is 0.434 e. The summed E-state index contributed by atoms with van der Waals surface area (Å²) in [6.45, 7) is -0.321. The number of benzene rings is 10. The first-order valence-electron chi connectivity index (χ1n) is 22.5. The summed E-state index contributed by atoms with van der Waals surface area (Å²) in [5, 5.41) is 7.10. The average Bonchev–Trinajstić information content (AvgIpc) is 4.04. The molecule has 0 spiro atoms. The molecule has 0 fully saturated rings. The zero-order valence-electron chi connectivity index (χ0n) is 35.4. The van der Waals surface area contributed by atoms with Gasteiger partial charge in [0.2, 0.25) is 0 Å². The normalized spacial score (nSPS) is 12.8. The molecule has 0 N–H and O–H groups in total. The molecule has 5 nitrogen and oxygen atoms in total. The Bertz CT molecular complexity index is 4100. The smallest absolute Gasteiger partial charge is 0.434 e. The zero-order chi connectivity index (χ0) is 43.0. The minimum atomic E-state index is -0.321. The molecule has 0 saturated heterocycles. The standard InChI is InChI=1S/C60H35BN2O3/c1-6-21-50-41(15-1)42-16-2-7-22-51(42)62(50)40-14-11-13-36(31-40)37-28-30-49-57(34-37)64-58-35-39(32-48-45-19-5-10-26-55(45)66-61(49)59(48)58)38-27-29-46-47-20-12-25-54(60(47)65-56(46)33-38)63-52-23-8-3-17-43(52)44-18-4-9-24-53(44)63/h1-35H. The SMILES string of the molecule is c1cc(-c2ccc3c(c2)Oc2cc(-c4ccc5c(c4)oc4c(-n6c7ccccc7c7ccccc76)cccc45)cc4c2B3Oc2ccccc2-4)cc(-n2c3ccccc3c3ccccc32)c1. The highest BCUT2D eigenvalue weighted by Crippen LogP contribution is 2.44. The molecular formula is C60H35BN2O3. The van der Waals surface area contributed by atoms with Gasteiger partial charge in [0, 0.05) is 54.5 Å². The number of para-hydroxylation sites is 6. The van der Waals surface area contributed by atoms with Crippen molar-refractivity contribution in [3.8, 4) is 62.0 Å². The van der Waals surface area contributed by atoms with Crippen molar-refractivity contribution in [3.63, 3.8) is 0 Å². The van der Waals surface area contributed by atoms with Crippen LogP contribution in [-0.2, 0) is 0 Å². The fraction of sp³-hybridized carbons (Fsp3) is 0. The lowest BCUT2D eigenvalue weighted by Gasteiger charge is -2.33. The summed E-state index contributed by atoms with van der Waals surface area (Å²) in [4.78, 5) is 0. The number of furan rings is 1.